The third-order valence-electron chi connectivity index (χ3n) is 11.4. The molecule has 0 radical (unpaired) electrons. The van der Waals surface area contributed by atoms with Crippen LogP contribution in [0.5, 0.6) is 0 Å². The molecule has 4 aliphatic rings. The molecule has 3 saturated carbocycles. The highest BCUT2D eigenvalue weighted by molar-refractivity contribution is 7.18. The van der Waals surface area contributed by atoms with Gasteiger partial charge in [-0.25, -0.2) is 9.97 Å². The topological polar surface area (TPSA) is 115 Å². The average Bonchev–Trinajstić information content (AvgIpc) is 3.63. The summed E-state index contributed by atoms with van der Waals surface area (Å²) in [4.78, 5) is 26.0. The van der Waals surface area contributed by atoms with E-state index < -0.39 is 12.6 Å². The Labute approximate surface area is 285 Å². The van der Waals surface area contributed by atoms with Crippen molar-refractivity contribution in [3.05, 3.63) is 81.0 Å². The molecule has 0 amide bonds. The van der Waals surface area contributed by atoms with E-state index in [4.69, 9.17) is 0 Å². The zero-order valence-corrected chi connectivity index (χ0v) is 28.1. The summed E-state index contributed by atoms with van der Waals surface area (Å²) in [6.45, 7) is 7.82. The lowest BCUT2D eigenvalue weighted by molar-refractivity contribution is -0.197. The molecule has 0 spiro atoms. The van der Waals surface area contributed by atoms with Crippen LogP contribution in [0.1, 0.15) is 54.3 Å². The molecule has 4 aromatic heterocycles. The summed E-state index contributed by atoms with van der Waals surface area (Å²) in [5.74, 6) is 1.03. The Morgan fingerprint density at radius 2 is 1.92 bits per heavy atom. The largest absolute Gasteiger partial charge is 0.393 e. The number of halogens is 3. The van der Waals surface area contributed by atoms with Gasteiger partial charge in [0.2, 0.25) is 5.56 Å². The molecular weight excluding hydrogens is 650 g/mol. The molecular formula is C36H37F3N8OS. The number of aromatic amines is 1. The molecule has 0 unspecified atom stereocenters. The number of hydrogen-bond acceptors (Lipinski definition) is 8. The second kappa shape index (κ2) is 11.6. The highest BCUT2D eigenvalue weighted by atomic mass is 32.1. The number of hydrogen-bond donors (Lipinski definition) is 3. The summed E-state index contributed by atoms with van der Waals surface area (Å²) < 4.78 is 41.1. The van der Waals surface area contributed by atoms with Crippen LogP contribution in [-0.4, -0.2) is 55.3 Å². The summed E-state index contributed by atoms with van der Waals surface area (Å²) in [7, 11) is 0. The van der Waals surface area contributed by atoms with Gasteiger partial charge >= 0.3 is 6.18 Å². The van der Waals surface area contributed by atoms with Crippen molar-refractivity contribution in [2.24, 2.45) is 11.3 Å². The maximum absolute atomic E-state index is 13.0. The fourth-order valence-corrected chi connectivity index (χ4v) is 9.63. The summed E-state index contributed by atoms with van der Waals surface area (Å²) in [5, 5.41) is 19.0. The number of likely N-dealkylation sites (tertiary alicyclic amines) is 1. The molecule has 1 aliphatic heterocycles. The first-order valence-electron chi connectivity index (χ1n) is 16.7. The molecule has 5 aromatic rings. The van der Waals surface area contributed by atoms with Gasteiger partial charge in [-0.05, 0) is 79.3 Å². The minimum atomic E-state index is -4.26. The molecule has 9 rings (SSSR count). The predicted molar refractivity (Wildman–Crippen MR) is 185 cm³/mol. The lowest BCUT2D eigenvalue weighted by Crippen LogP contribution is -2.78. The zero-order valence-electron chi connectivity index (χ0n) is 27.3. The van der Waals surface area contributed by atoms with E-state index in [0.717, 1.165) is 79.8 Å². The van der Waals surface area contributed by atoms with Crippen molar-refractivity contribution in [2.45, 2.75) is 76.8 Å². The normalized spacial score (nSPS) is 24.0. The first kappa shape index (κ1) is 31.8. The number of nitrogens with one attached hydrogen (secondary N) is 3. The molecule has 2 bridgehead atoms. The van der Waals surface area contributed by atoms with Crippen molar-refractivity contribution in [2.75, 3.05) is 23.7 Å². The number of piperidine rings is 1. The average molecular weight is 687 g/mol. The van der Waals surface area contributed by atoms with E-state index in [2.05, 4.69) is 67.1 Å². The van der Waals surface area contributed by atoms with Gasteiger partial charge in [0.05, 0.1) is 17.5 Å². The third kappa shape index (κ3) is 5.64. The second-order valence-electron chi connectivity index (χ2n) is 14.3. The molecule has 3 N–H and O–H groups in total. The van der Waals surface area contributed by atoms with E-state index in [1.807, 2.05) is 12.1 Å². The van der Waals surface area contributed by atoms with Gasteiger partial charge in [-0.1, -0.05) is 13.0 Å². The summed E-state index contributed by atoms with van der Waals surface area (Å²) >= 11 is 1.07. The van der Waals surface area contributed by atoms with Crippen LogP contribution in [0.2, 0.25) is 0 Å². The number of pyridine rings is 1. The fourth-order valence-electron chi connectivity index (χ4n) is 8.61. The SMILES string of the molecule is Cc1c(CN2CCC(Nc3ncnc4sc(CC(F)(F)F)cc34)CC2)ccc2c1cc(C#N)n2CC12CC(Nc3ccc(=O)[nH]c3)(C1)[C@H]2C. The molecule has 254 valence electrons. The third-order valence-corrected chi connectivity index (χ3v) is 12.4. The Morgan fingerprint density at radius 3 is 2.61 bits per heavy atom. The van der Waals surface area contributed by atoms with E-state index in [1.54, 1.807) is 18.3 Å². The molecule has 1 atom stereocenters. The van der Waals surface area contributed by atoms with Crippen LogP contribution in [0.4, 0.5) is 24.7 Å². The van der Waals surface area contributed by atoms with E-state index in [9.17, 15) is 23.2 Å². The molecule has 3 aliphatic carbocycles. The van der Waals surface area contributed by atoms with Crippen molar-refractivity contribution in [3.8, 4) is 6.07 Å². The Balaban J connectivity index is 0.914. The first-order valence-corrected chi connectivity index (χ1v) is 17.5. The van der Waals surface area contributed by atoms with Gasteiger partial charge in [0.1, 0.15) is 28.7 Å². The quantitative estimate of drug-likeness (QED) is 0.153. The number of benzene rings is 1. The molecule has 1 saturated heterocycles. The molecule has 49 heavy (non-hydrogen) atoms. The zero-order chi connectivity index (χ0) is 34.1. The highest BCUT2D eigenvalue weighted by Crippen LogP contribution is 2.73. The van der Waals surface area contributed by atoms with Crippen LogP contribution < -0.4 is 16.2 Å². The van der Waals surface area contributed by atoms with Crippen molar-refractivity contribution < 1.29 is 13.2 Å². The van der Waals surface area contributed by atoms with Gasteiger partial charge in [0, 0.05) is 65.8 Å². The molecule has 13 heteroatoms. The van der Waals surface area contributed by atoms with Crippen LogP contribution in [0, 0.1) is 29.6 Å². The Bertz CT molecular complexity index is 2140. The lowest BCUT2D eigenvalue weighted by atomic mass is 9.33. The van der Waals surface area contributed by atoms with Gasteiger partial charge < -0.3 is 20.2 Å². The van der Waals surface area contributed by atoms with E-state index in [-0.39, 0.29) is 27.4 Å². The monoisotopic (exact) mass is 686 g/mol. The standard InChI is InChI=1S/C36H37F3N8OS/c1-21-23(16-46-9-7-24(8-10-46)44-32-29-12-27(13-36(37,38)39)49-33(29)43-20-42-32)3-5-30-28(21)11-26(14-40)47(30)19-34-17-35(18-34,22(34)2)45-25-4-6-31(48)41-15-25/h3-6,11-12,15,20,22,24,45H,7-10,13,16-19H2,1-2H3,(H,41,48)(H,42,43,44)/t22-,34?,35?/m0/s1. The second-order valence-corrected chi connectivity index (χ2v) is 15.4. The van der Waals surface area contributed by atoms with Crippen molar-refractivity contribution in [1.82, 2.24) is 24.4 Å². The van der Waals surface area contributed by atoms with Gasteiger partial charge in [0.15, 0.2) is 0 Å². The number of alkyl halides is 3. The van der Waals surface area contributed by atoms with Crippen LogP contribution in [0.25, 0.3) is 21.1 Å². The summed E-state index contributed by atoms with van der Waals surface area (Å²) in [6.07, 6.45) is 1.77. The lowest BCUT2D eigenvalue weighted by Gasteiger charge is -2.76. The number of thiophene rings is 1. The number of aromatic nitrogens is 4. The number of rotatable bonds is 9. The number of nitriles is 1. The maximum Gasteiger partial charge on any atom is 0.393 e. The highest BCUT2D eigenvalue weighted by Gasteiger charge is 2.73. The number of aryl methyl sites for hydroxylation is 1. The van der Waals surface area contributed by atoms with Crippen LogP contribution in [0.15, 0.2) is 53.7 Å². The summed E-state index contributed by atoms with van der Waals surface area (Å²) in [5.41, 5.74) is 5.23. The molecule has 4 fully saturated rings. The van der Waals surface area contributed by atoms with Crippen LogP contribution in [0.3, 0.4) is 0 Å². The smallest absolute Gasteiger partial charge is 0.378 e. The van der Waals surface area contributed by atoms with Gasteiger partial charge in [-0.3, -0.25) is 9.69 Å². The predicted octanol–water partition coefficient (Wildman–Crippen LogP) is 6.98. The van der Waals surface area contributed by atoms with Crippen molar-refractivity contribution in [3.63, 3.8) is 0 Å². The number of anilines is 2. The fraction of sp³-hybridized carbons (Fsp3) is 0.444. The van der Waals surface area contributed by atoms with Crippen molar-refractivity contribution >= 4 is 44.0 Å². The van der Waals surface area contributed by atoms with Crippen LogP contribution in [-0.2, 0) is 19.5 Å². The molecule has 1 aromatic carbocycles. The molecule has 9 nitrogen and oxygen atoms in total. The van der Waals surface area contributed by atoms with E-state index >= 15 is 0 Å². The van der Waals surface area contributed by atoms with Crippen molar-refractivity contribution in [1.29, 1.82) is 5.26 Å². The maximum atomic E-state index is 13.0. The Hall–Kier alpha value is -4.41. The molecule has 5 heterocycles. The minimum absolute atomic E-state index is 0.0329. The minimum Gasteiger partial charge on any atom is -0.378 e. The number of H-pyrrole nitrogens is 1. The Morgan fingerprint density at radius 1 is 1.12 bits per heavy atom. The van der Waals surface area contributed by atoms with E-state index in [0.29, 0.717) is 27.6 Å². The summed E-state index contributed by atoms with van der Waals surface area (Å²) in [6, 6.07) is 14.0. The number of nitrogens with zero attached hydrogens (tertiary/aromatic N) is 5. The van der Waals surface area contributed by atoms with Gasteiger partial charge in [-0.2, -0.15) is 18.4 Å². The van der Waals surface area contributed by atoms with E-state index in [1.165, 1.54) is 17.5 Å². The Kier molecular flexibility index (Phi) is 7.53. The van der Waals surface area contributed by atoms with Gasteiger partial charge in [0.25, 0.3) is 0 Å². The number of fused-ring (bicyclic) bond motifs is 2. The van der Waals surface area contributed by atoms with Crippen LogP contribution >= 0.6 is 11.3 Å². The first-order chi connectivity index (χ1) is 23.4. The van der Waals surface area contributed by atoms with Gasteiger partial charge in [-0.15, -0.1) is 11.3 Å².